The van der Waals surface area contributed by atoms with Crippen molar-refractivity contribution < 1.29 is 13.2 Å². The highest BCUT2D eigenvalue weighted by atomic mass is 79.9. The number of hydrogen-bond acceptors (Lipinski definition) is 0. The number of rotatable bonds is 5. The van der Waals surface area contributed by atoms with Crippen molar-refractivity contribution in [1.82, 2.24) is 0 Å². The molecule has 0 N–H and O–H groups in total. The molecule has 1 aromatic rings. The SMILES string of the molecule is CCCC(CBr)Cc1ccc(C(F)(F)F)cc1. The first-order valence-electron chi connectivity index (χ1n) is 5.69. The minimum absolute atomic E-state index is 0.497. The summed E-state index contributed by atoms with van der Waals surface area (Å²) >= 11 is 3.44. The van der Waals surface area contributed by atoms with E-state index in [1.165, 1.54) is 0 Å². The van der Waals surface area contributed by atoms with Gasteiger partial charge < -0.3 is 0 Å². The molecule has 4 heteroatoms. The van der Waals surface area contributed by atoms with Crippen LogP contribution in [0.3, 0.4) is 0 Å². The van der Waals surface area contributed by atoms with Crippen LogP contribution in [0.2, 0.25) is 0 Å². The van der Waals surface area contributed by atoms with E-state index in [1.54, 1.807) is 12.1 Å². The second kappa shape index (κ2) is 6.43. The summed E-state index contributed by atoms with van der Waals surface area (Å²) in [5.74, 6) is 0.497. The Morgan fingerprint density at radius 2 is 1.76 bits per heavy atom. The summed E-state index contributed by atoms with van der Waals surface area (Å²) in [5.41, 5.74) is 0.392. The van der Waals surface area contributed by atoms with Gasteiger partial charge in [0.25, 0.3) is 0 Å². The summed E-state index contributed by atoms with van der Waals surface area (Å²) in [6.07, 6.45) is -1.23. The zero-order valence-electron chi connectivity index (χ0n) is 9.73. The molecular formula is C13H16BrF3. The summed E-state index contributed by atoms with van der Waals surface area (Å²) < 4.78 is 37.1. The third-order valence-corrected chi connectivity index (χ3v) is 3.64. The Bertz CT molecular complexity index is 330. The normalized spacial score (nSPS) is 13.7. The predicted octanol–water partition coefficient (Wildman–Crippen LogP) is 5.06. The fourth-order valence-electron chi connectivity index (χ4n) is 1.81. The quantitative estimate of drug-likeness (QED) is 0.667. The highest BCUT2D eigenvalue weighted by Gasteiger charge is 2.29. The second-order valence-electron chi connectivity index (χ2n) is 4.21. The third kappa shape index (κ3) is 4.70. The van der Waals surface area contributed by atoms with Crippen LogP contribution in [-0.4, -0.2) is 5.33 Å². The molecule has 1 rings (SSSR count). The fraction of sp³-hybridized carbons (Fsp3) is 0.538. The van der Waals surface area contributed by atoms with E-state index in [0.29, 0.717) is 5.92 Å². The molecular weight excluding hydrogens is 293 g/mol. The first-order chi connectivity index (χ1) is 7.97. The minimum atomic E-state index is -4.24. The van der Waals surface area contributed by atoms with Gasteiger partial charge in [0.05, 0.1) is 5.56 Å². The molecule has 0 bridgehead atoms. The molecule has 0 saturated heterocycles. The van der Waals surface area contributed by atoms with Gasteiger partial charge in [-0.05, 0) is 36.5 Å². The third-order valence-electron chi connectivity index (χ3n) is 2.72. The highest BCUT2D eigenvalue weighted by Crippen LogP contribution is 2.29. The van der Waals surface area contributed by atoms with Crippen LogP contribution in [0.25, 0.3) is 0 Å². The van der Waals surface area contributed by atoms with Crippen LogP contribution in [-0.2, 0) is 12.6 Å². The molecule has 0 fully saturated rings. The van der Waals surface area contributed by atoms with Gasteiger partial charge in [0.1, 0.15) is 0 Å². The van der Waals surface area contributed by atoms with Crippen molar-refractivity contribution in [2.24, 2.45) is 5.92 Å². The molecule has 1 atom stereocenters. The summed E-state index contributed by atoms with van der Waals surface area (Å²) in [6.45, 7) is 2.11. The van der Waals surface area contributed by atoms with Gasteiger partial charge in [0, 0.05) is 5.33 Å². The molecule has 0 radical (unpaired) electrons. The Kier molecular flexibility index (Phi) is 5.50. The van der Waals surface area contributed by atoms with Crippen molar-refractivity contribution in [1.29, 1.82) is 0 Å². The topological polar surface area (TPSA) is 0 Å². The molecule has 0 aromatic heterocycles. The van der Waals surface area contributed by atoms with Crippen molar-refractivity contribution in [2.45, 2.75) is 32.4 Å². The van der Waals surface area contributed by atoms with Crippen molar-refractivity contribution >= 4 is 15.9 Å². The monoisotopic (exact) mass is 308 g/mol. The molecule has 0 aliphatic rings. The average molecular weight is 309 g/mol. The standard InChI is InChI=1S/C13H16BrF3/c1-2-3-11(9-14)8-10-4-6-12(7-5-10)13(15,16)17/h4-7,11H,2-3,8-9H2,1H3. The lowest BCUT2D eigenvalue weighted by atomic mass is 9.96. The smallest absolute Gasteiger partial charge is 0.166 e. The van der Waals surface area contributed by atoms with E-state index in [-0.39, 0.29) is 0 Å². The molecule has 0 spiro atoms. The van der Waals surface area contributed by atoms with Gasteiger partial charge in [-0.25, -0.2) is 0 Å². The molecule has 0 saturated carbocycles. The van der Waals surface area contributed by atoms with E-state index in [0.717, 1.165) is 42.3 Å². The largest absolute Gasteiger partial charge is 0.416 e. The van der Waals surface area contributed by atoms with Gasteiger partial charge in [-0.2, -0.15) is 13.2 Å². The molecule has 0 aliphatic carbocycles. The molecule has 96 valence electrons. The number of benzene rings is 1. The number of halogens is 4. The summed E-state index contributed by atoms with van der Waals surface area (Å²) in [4.78, 5) is 0. The van der Waals surface area contributed by atoms with Crippen molar-refractivity contribution in [3.05, 3.63) is 35.4 Å². The van der Waals surface area contributed by atoms with Crippen molar-refractivity contribution in [2.75, 3.05) is 5.33 Å². The Morgan fingerprint density at radius 3 is 2.18 bits per heavy atom. The molecule has 1 aromatic carbocycles. The van der Waals surface area contributed by atoms with E-state index in [1.807, 2.05) is 0 Å². The second-order valence-corrected chi connectivity index (χ2v) is 4.86. The molecule has 0 aliphatic heterocycles. The molecule has 0 amide bonds. The lowest BCUT2D eigenvalue weighted by molar-refractivity contribution is -0.137. The Labute approximate surface area is 108 Å². The van der Waals surface area contributed by atoms with Crippen LogP contribution < -0.4 is 0 Å². The first kappa shape index (κ1) is 14.6. The van der Waals surface area contributed by atoms with E-state index in [9.17, 15) is 13.2 Å². The predicted molar refractivity (Wildman–Crippen MR) is 67.3 cm³/mol. The van der Waals surface area contributed by atoms with E-state index < -0.39 is 11.7 Å². The average Bonchev–Trinajstić information content (AvgIpc) is 2.28. The maximum atomic E-state index is 12.4. The summed E-state index contributed by atoms with van der Waals surface area (Å²) in [7, 11) is 0. The molecule has 1 unspecified atom stereocenters. The van der Waals surface area contributed by atoms with Crippen LogP contribution in [0.5, 0.6) is 0 Å². The van der Waals surface area contributed by atoms with Crippen LogP contribution in [0, 0.1) is 5.92 Å². The highest BCUT2D eigenvalue weighted by molar-refractivity contribution is 9.09. The first-order valence-corrected chi connectivity index (χ1v) is 6.81. The Balaban J connectivity index is 2.68. The van der Waals surface area contributed by atoms with Gasteiger partial charge in [0.2, 0.25) is 0 Å². The maximum absolute atomic E-state index is 12.4. The Morgan fingerprint density at radius 1 is 1.18 bits per heavy atom. The van der Waals surface area contributed by atoms with Crippen LogP contribution >= 0.6 is 15.9 Å². The van der Waals surface area contributed by atoms with E-state index >= 15 is 0 Å². The molecule has 0 nitrogen and oxygen atoms in total. The lowest BCUT2D eigenvalue weighted by Crippen LogP contribution is -2.07. The summed E-state index contributed by atoms with van der Waals surface area (Å²) in [5, 5.41) is 0.891. The zero-order valence-corrected chi connectivity index (χ0v) is 11.3. The zero-order chi connectivity index (χ0) is 12.9. The molecule has 17 heavy (non-hydrogen) atoms. The fourth-order valence-corrected chi connectivity index (χ4v) is 2.36. The summed E-state index contributed by atoms with van der Waals surface area (Å²) in [6, 6.07) is 5.47. The number of alkyl halides is 4. The number of hydrogen-bond donors (Lipinski definition) is 0. The van der Waals surface area contributed by atoms with Crippen LogP contribution in [0.4, 0.5) is 13.2 Å². The van der Waals surface area contributed by atoms with Crippen molar-refractivity contribution in [3.8, 4) is 0 Å². The van der Waals surface area contributed by atoms with Crippen LogP contribution in [0.1, 0.15) is 30.9 Å². The van der Waals surface area contributed by atoms with Gasteiger partial charge in [0.15, 0.2) is 0 Å². The molecule has 0 heterocycles. The van der Waals surface area contributed by atoms with Gasteiger partial charge in [-0.3, -0.25) is 0 Å². The van der Waals surface area contributed by atoms with Crippen molar-refractivity contribution in [3.63, 3.8) is 0 Å². The van der Waals surface area contributed by atoms with E-state index in [2.05, 4.69) is 22.9 Å². The Hall–Kier alpha value is -0.510. The van der Waals surface area contributed by atoms with Gasteiger partial charge in [-0.15, -0.1) is 0 Å². The van der Waals surface area contributed by atoms with Gasteiger partial charge >= 0.3 is 6.18 Å². The minimum Gasteiger partial charge on any atom is -0.166 e. The lowest BCUT2D eigenvalue weighted by Gasteiger charge is -2.13. The van der Waals surface area contributed by atoms with E-state index in [4.69, 9.17) is 0 Å². The van der Waals surface area contributed by atoms with Crippen LogP contribution in [0.15, 0.2) is 24.3 Å². The maximum Gasteiger partial charge on any atom is 0.416 e. The van der Waals surface area contributed by atoms with Gasteiger partial charge in [-0.1, -0.05) is 41.4 Å².